The van der Waals surface area contributed by atoms with E-state index in [2.05, 4.69) is 10.6 Å². The summed E-state index contributed by atoms with van der Waals surface area (Å²) in [5.74, 6) is 1.12. The molecule has 1 amide bonds. The summed E-state index contributed by atoms with van der Waals surface area (Å²) in [6, 6.07) is 5.61. The largest absolute Gasteiger partial charge is 0.486 e. The van der Waals surface area contributed by atoms with Crippen molar-refractivity contribution in [2.45, 2.75) is 12.5 Å². The standard InChI is InChI=1S/C13H16N2O3/c16-13(15-9-4-5-14-8-9)10-2-1-3-11-12(10)18-7-6-17-11/h1-3,9,14H,4-8H2,(H,15,16)/t9-/m0/s1. The van der Waals surface area contributed by atoms with Crippen LogP contribution in [-0.4, -0.2) is 38.3 Å². The van der Waals surface area contributed by atoms with Crippen molar-refractivity contribution in [3.05, 3.63) is 23.8 Å². The van der Waals surface area contributed by atoms with Gasteiger partial charge in [-0.05, 0) is 25.1 Å². The fourth-order valence-electron chi connectivity index (χ4n) is 2.29. The van der Waals surface area contributed by atoms with Gasteiger partial charge in [0, 0.05) is 12.6 Å². The fraction of sp³-hybridized carbons (Fsp3) is 0.462. The van der Waals surface area contributed by atoms with Crippen LogP contribution < -0.4 is 20.1 Å². The van der Waals surface area contributed by atoms with E-state index >= 15 is 0 Å². The molecule has 18 heavy (non-hydrogen) atoms. The van der Waals surface area contributed by atoms with Crippen molar-refractivity contribution in [3.63, 3.8) is 0 Å². The minimum atomic E-state index is -0.0916. The maximum atomic E-state index is 12.2. The van der Waals surface area contributed by atoms with Gasteiger partial charge in [-0.15, -0.1) is 0 Å². The van der Waals surface area contributed by atoms with Crippen molar-refractivity contribution in [2.24, 2.45) is 0 Å². The molecular weight excluding hydrogens is 232 g/mol. The third kappa shape index (κ3) is 2.13. The number of carbonyl (C=O) groups is 1. The van der Waals surface area contributed by atoms with Crippen LogP contribution in [0.3, 0.4) is 0 Å². The predicted molar refractivity (Wildman–Crippen MR) is 66.2 cm³/mol. The van der Waals surface area contributed by atoms with Crippen LogP contribution in [0.2, 0.25) is 0 Å². The highest BCUT2D eigenvalue weighted by molar-refractivity contribution is 5.98. The molecule has 0 spiro atoms. The van der Waals surface area contributed by atoms with Gasteiger partial charge in [-0.2, -0.15) is 0 Å². The number of amides is 1. The van der Waals surface area contributed by atoms with Gasteiger partial charge in [0.1, 0.15) is 13.2 Å². The van der Waals surface area contributed by atoms with Gasteiger partial charge in [0.25, 0.3) is 5.91 Å². The molecular formula is C13H16N2O3. The summed E-state index contributed by atoms with van der Waals surface area (Å²) in [4.78, 5) is 12.2. The maximum Gasteiger partial charge on any atom is 0.255 e. The smallest absolute Gasteiger partial charge is 0.255 e. The summed E-state index contributed by atoms with van der Waals surface area (Å²) < 4.78 is 11.0. The second-order valence-corrected chi connectivity index (χ2v) is 4.49. The van der Waals surface area contributed by atoms with E-state index in [0.717, 1.165) is 19.5 Å². The Balaban J connectivity index is 1.80. The third-order valence-corrected chi connectivity index (χ3v) is 3.21. The SMILES string of the molecule is O=C(N[C@H]1CCNC1)c1cccc2c1OCCO2. The van der Waals surface area contributed by atoms with Crippen molar-refractivity contribution in [3.8, 4) is 11.5 Å². The molecule has 1 atom stereocenters. The first-order chi connectivity index (χ1) is 8.84. The molecule has 0 radical (unpaired) electrons. The zero-order chi connectivity index (χ0) is 12.4. The molecule has 2 aliphatic heterocycles. The van der Waals surface area contributed by atoms with Crippen molar-refractivity contribution in [1.82, 2.24) is 10.6 Å². The first kappa shape index (κ1) is 11.3. The summed E-state index contributed by atoms with van der Waals surface area (Å²) >= 11 is 0. The fourth-order valence-corrected chi connectivity index (χ4v) is 2.29. The number of nitrogens with one attached hydrogen (secondary N) is 2. The quantitative estimate of drug-likeness (QED) is 0.802. The lowest BCUT2D eigenvalue weighted by atomic mass is 10.1. The van der Waals surface area contributed by atoms with Crippen molar-refractivity contribution in [2.75, 3.05) is 26.3 Å². The van der Waals surface area contributed by atoms with Gasteiger partial charge in [-0.3, -0.25) is 4.79 Å². The molecule has 0 aliphatic carbocycles. The van der Waals surface area contributed by atoms with Gasteiger partial charge in [-0.25, -0.2) is 0 Å². The highest BCUT2D eigenvalue weighted by Crippen LogP contribution is 2.33. The third-order valence-electron chi connectivity index (χ3n) is 3.21. The zero-order valence-electron chi connectivity index (χ0n) is 10.1. The van der Waals surface area contributed by atoms with Crippen LogP contribution >= 0.6 is 0 Å². The van der Waals surface area contributed by atoms with Crippen LogP contribution in [0.5, 0.6) is 11.5 Å². The van der Waals surface area contributed by atoms with Crippen LogP contribution in [0.15, 0.2) is 18.2 Å². The number of hydrogen-bond acceptors (Lipinski definition) is 4. The summed E-state index contributed by atoms with van der Waals surface area (Å²) in [6.45, 7) is 2.81. The zero-order valence-corrected chi connectivity index (χ0v) is 10.1. The van der Waals surface area contributed by atoms with E-state index in [9.17, 15) is 4.79 Å². The van der Waals surface area contributed by atoms with Gasteiger partial charge < -0.3 is 20.1 Å². The average molecular weight is 248 g/mol. The van der Waals surface area contributed by atoms with Gasteiger partial charge in [0.15, 0.2) is 11.5 Å². The van der Waals surface area contributed by atoms with E-state index in [0.29, 0.717) is 30.3 Å². The Labute approximate surface area is 105 Å². The number of benzene rings is 1. The Morgan fingerprint density at radius 1 is 1.33 bits per heavy atom. The molecule has 0 unspecified atom stereocenters. The lowest BCUT2D eigenvalue weighted by Crippen LogP contribution is -2.36. The molecule has 0 saturated carbocycles. The van der Waals surface area contributed by atoms with Crippen molar-refractivity contribution in [1.29, 1.82) is 0 Å². The molecule has 0 aromatic heterocycles. The van der Waals surface area contributed by atoms with E-state index in [1.165, 1.54) is 0 Å². The Morgan fingerprint density at radius 2 is 2.22 bits per heavy atom. The molecule has 3 rings (SSSR count). The number of para-hydroxylation sites is 1. The van der Waals surface area contributed by atoms with Crippen LogP contribution in [-0.2, 0) is 0 Å². The number of hydrogen-bond donors (Lipinski definition) is 2. The average Bonchev–Trinajstić information content (AvgIpc) is 2.91. The lowest BCUT2D eigenvalue weighted by molar-refractivity contribution is 0.0929. The van der Waals surface area contributed by atoms with Crippen molar-refractivity contribution < 1.29 is 14.3 Å². The topological polar surface area (TPSA) is 59.6 Å². The highest BCUT2D eigenvalue weighted by Gasteiger charge is 2.23. The molecule has 1 aromatic rings. The van der Waals surface area contributed by atoms with Crippen LogP contribution in [0.25, 0.3) is 0 Å². The van der Waals surface area contributed by atoms with E-state index in [1.54, 1.807) is 6.07 Å². The number of ether oxygens (including phenoxy) is 2. The summed E-state index contributed by atoms with van der Waals surface area (Å²) in [6.07, 6.45) is 0.970. The monoisotopic (exact) mass is 248 g/mol. The molecule has 5 nitrogen and oxygen atoms in total. The van der Waals surface area contributed by atoms with Gasteiger partial charge in [0.05, 0.1) is 5.56 Å². The Hall–Kier alpha value is -1.75. The maximum absolute atomic E-state index is 12.2. The minimum absolute atomic E-state index is 0.0916. The molecule has 2 N–H and O–H groups in total. The Morgan fingerprint density at radius 3 is 3.06 bits per heavy atom. The second kappa shape index (κ2) is 4.86. The molecule has 0 bridgehead atoms. The number of fused-ring (bicyclic) bond motifs is 1. The molecule has 2 aliphatic rings. The van der Waals surface area contributed by atoms with Gasteiger partial charge in [0.2, 0.25) is 0 Å². The van der Waals surface area contributed by atoms with Crippen molar-refractivity contribution >= 4 is 5.91 Å². The molecule has 1 aromatic carbocycles. The van der Waals surface area contributed by atoms with Crippen LogP contribution in [0, 0.1) is 0 Å². The summed E-state index contributed by atoms with van der Waals surface area (Å²) in [5, 5.41) is 6.23. The second-order valence-electron chi connectivity index (χ2n) is 4.49. The summed E-state index contributed by atoms with van der Waals surface area (Å²) in [5.41, 5.74) is 0.555. The van der Waals surface area contributed by atoms with E-state index < -0.39 is 0 Å². The van der Waals surface area contributed by atoms with Crippen LogP contribution in [0.1, 0.15) is 16.8 Å². The Bertz CT molecular complexity index is 456. The molecule has 96 valence electrons. The van der Waals surface area contributed by atoms with E-state index in [1.807, 2.05) is 12.1 Å². The van der Waals surface area contributed by atoms with Gasteiger partial charge in [-0.1, -0.05) is 6.07 Å². The van der Waals surface area contributed by atoms with E-state index in [-0.39, 0.29) is 11.9 Å². The minimum Gasteiger partial charge on any atom is -0.486 e. The lowest BCUT2D eigenvalue weighted by Gasteiger charge is -2.21. The highest BCUT2D eigenvalue weighted by atomic mass is 16.6. The first-order valence-electron chi connectivity index (χ1n) is 6.25. The summed E-state index contributed by atoms with van der Waals surface area (Å²) in [7, 11) is 0. The Kier molecular flexibility index (Phi) is 3.06. The van der Waals surface area contributed by atoms with Crippen LogP contribution in [0.4, 0.5) is 0 Å². The van der Waals surface area contributed by atoms with Gasteiger partial charge >= 0.3 is 0 Å². The number of carbonyl (C=O) groups excluding carboxylic acids is 1. The molecule has 1 saturated heterocycles. The normalized spacial score (nSPS) is 21.7. The first-order valence-corrected chi connectivity index (χ1v) is 6.25. The molecule has 1 fully saturated rings. The van der Waals surface area contributed by atoms with E-state index in [4.69, 9.17) is 9.47 Å². The number of rotatable bonds is 2. The molecule has 2 heterocycles. The molecule has 5 heteroatoms. The predicted octanol–water partition coefficient (Wildman–Crippen LogP) is 0.549.